The third-order valence-corrected chi connectivity index (χ3v) is 4.79. The molecule has 3 aromatic rings. The minimum Gasteiger partial charge on any atom is -0.382 e. The van der Waals surface area contributed by atoms with Crippen LogP contribution in [0.1, 0.15) is 26.4 Å². The van der Waals surface area contributed by atoms with Gasteiger partial charge in [0, 0.05) is 16.3 Å². The molecule has 4 nitrogen and oxygen atoms in total. The summed E-state index contributed by atoms with van der Waals surface area (Å²) in [7, 11) is 0. The van der Waals surface area contributed by atoms with Crippen molar-refractivity contribution in [1.82, 2.24) is 4.98 Å². The van der Waals surface area contributed by atoms with Crippen molar-refractivity contribution in [3.05, 3.63) is 69.1 Å². The maximum Gasteiger partial charge on any atom is 0.207 e. The lowest BCUT2D eigenvalue weighted by molar-refractivity contribution is 0.104. The van der Waals surface area contributed by atoms with Gasteiger partial charge in [-0.05, 0) is 43.7 Å². The molecule has 122 valence electrons. The van der Waals surface area contributed by atoms with Crippen molar-refractivity contribution in [2.24, 2.45) is 0 Å². The molecular weight excluding hydrogens is 342 g/mol. The molecule has 6 heteroatoms. The summed E-state index contributed by atoms with van der Waals surface area (Å²) in [5, 5.41) is 4.31. The first-order valence-electron chi connectivity index (χ1n) is 7.35. The second-order valence-electron chi connectivity index (χ2n) is 5.52. The van der Waals surface area contributed by atoms with E-state index in [9.17, 15) is 4.79 Å². The highest BCUT2D eigenvalue weighted by Gasteiger charge is 2.19. The molecule has 0 amide bonds. The van der Waals surface area contributed by atoms with Gasteiger partial charge in [-0.15, -0.1) is 0 Å². The van der Waals surface area contributed by atoms with Crippen LogP contribution in [-0.2, 0) is 0 Å². The van der Waals surface area contributed by atoms with Gasteiger partial charge < -0.3 is 11.1 Å². The molecule has 3 rings (SSSR count). The van der Waals surface area contributed by atoms with Crippen LogP contribution in [0.2, 0.25) is 5.02 Å². The Bertz CT molecular complexity index is 920. The predicted octanol–water partition coefficient (Wildman–Crippen LogP) is 4.97. The number of thiazole rings is 1. The normalized spacial score (nSPS) is 10.6. The van der Waals surface area contributed by atoms with Crippen LogP contribution in [0.3, 0.4) is 0 Å². The molecule has 2 aromatic carbocycles. The van der Waals surface area contributed by atoms with Gasteiger partial charge in [0.25, 0.3) is 0 Å². The van der Waals surface area contributed by atoms with Crippen LogP contribution in [0.4, 0.5) is 16.6 Å². The van der Waals surface area contributed by atoms with E-state index in [-0.39, 0.29) is 11.6 Å². The lowest BCUT2D eigenvalue weighted by Crippen LogP contribution is -2.05. The summed E-state index contributed by atoms with van der Waals surface area (Å²) in [4.78, 5) is 17.5. The SMILES string of the molecule is Cc1ccc(C)c(C(=O)c2sc(Nc3cccc(Cl)c3)nc2N)c1. The first-order valence-corrected chi connectivity index (χ1v) is 8.54. The van der Waals surface area contributed by atoms with Crippen molar-refractivity contribution in [3.63, 3.8) is 0 Å². The quantitative estimate of drug-likeness (QED) is 0.647. The largest absolute Gasteiger partial charge is 0.382 e. The van der Waals surface area contributed by atoms with Gasteiger partial charge in [-0.25, -0.2) is 4.98 Å². The summed E-state index contributed by atoms with van der Waals surface area (Å²) in [5.41, 5.74) is 9.36. The fourth-order valence-electron chi connectivity index (χ4n) is 2.34. The van der Waals surface area contributed by atoms with Gasteiger partial charge in [0.05, 0.1) is 0 Å². The highest BCUT2D eigenvalue weighted by molar-refractivity contribution is 7.18. The van der Waals surface area contributed by atoms with Crippen LogP contribution >= 0.6 is 22.9 Å². The lowest BCUT2D eigenvalue weighted by Gasteiger charge is -2.05. The van der Waals surface area contributed by atoms with Crippen molar-refractivity contribution in [1.29, 1.82) is 0 Å². The summed E-state index contributed by atoms with van der Waals surface area (Å²) in [6.45, 7) is 3.87. The number of nitrogens with zero attached hydrogens (tertiary/aromatic N) is 1. The first kappa shape index (κ1) is 16.5. The summed E-state index contributed by atoms with van der Waals surface area (Å²) < 4.78 is 0. The average molecular weight is 358 g/mol. The molecule has 0 aliphatic heterocycles. The molecule has 0 atom stereocenters. The van der Waals surface area contributed by atoms with Crippen molar-refractivity contribution < 1.29 is 4.79 Å². The van der Waals surface area contributed by atoms with Crippen LogP contribution in [0.15, 0.2) is 42.5 Å². The van der Waals surface area contributed by atoms with Crippen LogP contribution in [-0.4, -0.2) is 10.8 Å². The molecule has 0 aliphatic carbocycles. The number of hydrogen-bond acceptors (Lipinski definition) is 5. The maximum absolute atomic E-state index is 12.8. The molecule has 0 bridgehead atoms. The zero-order chi connectivity index (χ0) is 17.3. The Labute approximate surface area is 149 Å². The van der Waals surface area contributed by atoms with Crippen molar-refractivity contribution in [2.75, 3.05) is 11.1 Å². The molecule has 0 radical (unpaired) electrons. The molecule has 0 unspecified atom stereocenters. The summed E-state index contributed by atoms with van der Waals surface area (Å²) >= 11 is 7.21. The molecule has 0 fully saturated rings. The number of aryl methyl sites for hydroxylation is 2. The van der Waals surface area contributed by atoms with E-state index >= 15 is 0 Å². The smallest absolute Gasteiger partial charge is 0.207 e. The van der Waals surface area contributed by atoms with E-state index in [1.54, 1.807) is 12.1 Å². The summed E-state index contributed by atoms with van der Waals surface area (Å²) in [6, 6.07) is 13.1. The Hall–Kier alpha value is -2.37. The topological polar surface area (TPSA) is 68.0 Å². The number of nitrogens with one attached hydrogen (secondary N) is 1. The van der Waals surface area contributed by atoms with Crippen molar-refractivity contribution >= 4 is 45.4 Å². The van der Waals surface area contributed by atoms with Gasteiger partial charge in [0.1, 0.15) is 10.7 Å². The second kappa shape index (κ2) is 6.63. The van der Waals surface area contributed by atoms with Gasteiger partial charge in [0.2, 0.25) is 5.78 Å². The molecule has 0 spiro atoms. The van der Waals surface area contributed by atoms with Crippen LogP contribution < -0.4 is 11.1 Å². The third kappa shape index (κ3) is 3.42. The van der Waals surface area contributed by atoms with Gasteiger partial charge in [0.15, 0.2) is 5.13 Å². The number of anilines is 3. The van der Waals surface area contributed by atoms with Gasteiger partial charge in [-0.3, -0.25) is 4.79 Å². The molecule has 1 aromatic heterocycles. The van der Waals surface area contributed by atoms with Gasteiger partial charge in [-0.1, -0.05) is 46.7 Å². The molecule has 0 saturated carbocycles. The van der Waals surface area contributed by atoms with E-state index in [1.165, 1.54) is 11.3 Å². The highest BCUT2D eigenvalue weighted by atomic mass is 35.5. The first-order chi connectivity index (χ1) is 11.4. The van der Waals surface area contributed by atoms with Gasteiger partial charge in [-0.2, -0.15) is 0 Å². The summed E-state index contributed by atoms with van der Waals surface area (Å²) in [6.07, 6.45) is 0. The van der Waals surface area contributed by atoms with E-state index in [0.29, 0.717) is 20.6 Å². The molecule has 1 heterocycles. The number of halogens is 1. The molecule has 24 heavy (non-hydrogen) atoms. The fraction of sp³-hybridized carbons (Fsp3) is 0.111. The monoisotopic (exact) mass is 357 g/mol. The molecular formula is C18H16ClN3OS. The van der Waals surface area contributed by atoms with Crippen LogP contribution in [0.25, 0.3) is 0 Å². The number of rotatable bonds is 4. The van der Waals surface area contributed by atoms with Crippen molar-refractivity contribution in [3.8, 4) is 0 Å². The number of nitrogen functional groups attached to an aromatic ring is 1. The average Bonchev–Trinajstić information content (AvgIpc) is 2.89. The number of nitrogens with two attached hydrogens (primary N) is 1. The minimum atomic E-state index is -0.106. The Balaban J connectivity index is 1.91. The number of aromatic nitrogens is 1. The second-order valence-corrected chi connectivity index (χ2v) is 6.95. The molecule has 3 N–H and O–H groups in total. The van der Waals surface area contributed by atoms with Crippen LogP contribution in [0, 0.1) is 13.8 Å². The van der Waals surface area contributed by atoms with E-state index in [1.807, 2.05) is 44.2 Å². The minimum absolute atomic E-state index is 0.106. The van der Waals surface area contributed by atoms with E-state index in [4.69, 9.17) is 17.3 Å². The predicted molar refractivity (Wildman–Crippen MR) is 101 cm³/mol. The number of carbonyl (C=O) groups is 1. The van der Waals surface area contributed by atoms with E-state index < -0.39 is 0 Å². The maximum atomic E-state index is 12.8. The molecule has 0 aliphatic rings. The lowest BCUT2D eigenvalue weighted by atomic mass is 10.0. The number of ketones is 1. The Morgan fingerprint density at radius 2 is 2.00 bits per heavy atom. The summed E-state index contributed by atoms with van der Waals surface area (Å²) in [5.74, 6) is 0.126. The Morgan fingerprint density at radius 1 is 1.21 bits per heavy atom. The fourth-order valence-corrected chi connectivity index (χ4v) is 3.39. The zero-order valence-electron chi connectivity index (χ0n) is 13.3. The Kier molecular flexibility index (Phi) is 4.55. The number of benzene rings is 2. The zero-order valence-corrected chi connectivity index (χ0v) is 14.8. The highest BCUT2D eigenvalue weighted by Crippen LogP contribution is 2.31. The van der Waals surface area contributed by atoms with E-state index in [2.05, 4.69) is 10.3 Å². The standard InChI is InChI=1S/C18H16ClN3OS/c1-10-6-7-11(2)14(8-10)15(23)16-17(20)22-18(24-16)21-13-5-3-4-12(19)9-13/h3-9H,20H2,1-2H3,(H,21,22). The van der Waals surface area contributed by atoms with E-state index in [0.717, 1.165) is 16.8 Å². The Morgan fingerprint density at radius 3 is 2.75 bits per heavy atom. The molecule has 0 saturated heterocycles. The number of hydrogen-bond donors (Lipinski definition) is 2. The van der Waals surface area contributed by atoms with Crippen molar-refractivity contribution in [2.45, 2.75) is 13.8 Å². The number of carbonyl (C=O) groups excluding carboxylic acids is 1. The third-order valence-electron chi connectivity index (χ3n) is 3.57. The van der Waals surface area contributed by atoms with Crippen LogP contribution in [0.5, 0.6) is 0 Å². The van der Waals surface area contributed by atoms with Gasteiger partial charge >= 0.3 is 0 Å².